The molecule has 28 heavy (non-hydrogen) atoms. The van der Waals surface area contributed by atoms with Gasteiger partial charge in [0.15, 0.2) is 17.5 Å². The Morgan fingerprint density at radius 1 is 1.18 bits per heavy atom. The van der Waals surface area contributed by atoms with Crippen LogP contribution in [0.4, 0.5) is 5.69 Å². The second kappa shape index (κ2) is 9.59. The number of ether oxygens (including phenoxy) is 2. The Kier molecular flexibility index (Phi) is 7.20. The largest absolute Gasteiger partial charge is 0.493 e. The summed E-state index contributed by atoms with van der Waals surface area (Å²) in [6.07, 6.45) is 0. The molecule has 2 aromatic rings. The third kappa shape index (κ3) is 5.12. The molecular formula is C20H26N4O4. The molecule has 0 saturated heterocycles. The van der Waals surface area contributed by atoms with Crippen LogP contribution in [0.5, 0.6) is 11.5 Å². The SMILES string of the molecule is CN=C(NCc1ccc([N+](=O)[O-])cc1)N(C)Cc1cc(OC)c(OC)cc1C. The number of guanidine groups is 1. The number of nitrogens with zero attached hydrogens (tertiary/aromatic N) is 3. The number of aliphatic imine (C=N–C) groups is 1. The maximum absolute atomic E-state index is 10.7. The van der Waals surface area contributed by atoms with E-state index < -0.39 is 4.92 Å². The molecule has 0 radical (unpaired) electrons. The molecule has 0 saturated carbocycles. The number of methoxy groups -OCH3 is 2. The fourth-order valence-corrected chi connectivity index (χ4v) is 2.82. The van der Waals surface area contributed by atoms with Crippen molar-refractivity contribution in [3.05, 3.63) is 63.2 Å². The van der Waals surface area contributed by atoms with Gasteiger partial charge in [-0.15, -0.1) is 0 Å². The van der Waals surface area contributed by atoms with E-state index in [-0.39, 0.29) is 5.69 Å². The maximum Gasteiger partial charge on any atom is 0.269 e. The van der Waals surface area contributed by atoms with Gasteiger partial charge < -0.3 is 19.7 Å². The standard InChI is InChI=1S/C20H26N4O4/c1-14-10-18(27-4)19(28-5)11-16(14)13-23(3)20(21-2)22-12-15-6-8-17(9-7-15)24(25)26/h6-11H,12-13H2,1-5H3,(H,21,22). The summed E-state index contributed by atoms with van der Waals surface area (Å²) in [5.41, 5.74) is 3.20. The molecule has 150 valence electrons. The average molecular weight is 386 g/mol. The van der Waals surface area contributed by atoms with Gasteiger partial charge in [-0.25, -0.2) is 0 Å². The van der Waals surface area contributed by atoms with Gasteiger partial charge in [0.25, 0.3) is 5.69 Å². The van der Waals surface area contributed by atoms with Gasteiger partial charge in [-0.1, -0.05) is 12.1 Å². The minimum atomic E-state index is -0.407. The van der Waals surface area contributed by atoms with Crippen molar-refractivity contribution in [2.75, 3.05) is 28.3 Å². The van der Waals surface area contributed by atoms with Crippen LogP contribution in [0.25, 0.3) is 0 Å². The highest BCUT2D eigenvalue weighted by molar-refractivity contribution is 5.79. The molecule has 1 N–H and O–H groups in total. The van der Waals surface area contributed by atoms with Crippen LogP contribution < -0.4 is 14.8 Å². The molecule has 2 rings (SSSR count). The van der Waals surface area contributed by atoms with Crippen molar-refractivity contribution in [1.82, 2.24) is 10.2 Å². The summed E-state index contributed by atoms with van der Waals surface area (Å²) in [6.45, 7) is 3.17. The Hall–Kier alpha value is -3.29. The van der Waals surface area contributed by atoms with E-state index in [1.54, 1.807) is 33.4 Å². The summed E-state index contributed by atoms with van der Waals surface area (Å²) < 4.78 is 10.7. The highest BCUT2D eigenvalue weighted by atomic mass is 16.6. The summed E-state index contributed by atoms with van der Waals surface area (Å²) >= 11 is 0. The Bertz CT molecular complexity index is 850. The number of nitro groups is 1. The van der Waals surface area contributed by atoms with Gasteiger partial charge in [-0.2, -0.15) is 0 Å². The normalized spacial score (nSPS) is 11.1. The smallest absolute Gasteiger partial charge is 0.269 e. The number of rotatable bonds is 7. The lowest BCUT2D eigenvalue weighted by Crippen LogP contribution is -2.38. The summed E-state index contributed by atoms with van der Waals surface area (Å²) in [7, 11) is 6.90. The third-order valence-electron chi connectivity index (χ3n) is 4.42. The molecule has 0 amide bonds. The number of nitro benzene ring substituents is 1. The van der Waals surface area contributed by atoms with E-state index >= 15 is 0 Å². The van der Waals surface area contributed by atoms with E-state index in [0.717, 1.165) is 16.7 Å². The van der Waals surface area contributed by atoms with Crippen molar-refractivity contribution in [2.24, 2.45) is 4.99 Å². The second-order valence-electron chi connectivity index (χ2n) is 6.31. The van der Waals surface area contributed by atoms with Gasteiger partial charge in [0.2, 0.25) is 0 Å². The fourth-order valence-electron chi connectivity index (χ4n) is 2.82. The quantitative estimate of drug-likeness (QED) is 0.340. The van der Waals surface area contributed by atoms with Gasteiger partial charge in [-0.3, -0.25) is 15.1 Å². The first kappa shape index (κ1) is 21.0. The molecular weight excluding hydrogens is 360 g/mol. The van der Waals surface area contributed by atoms with Crippen molar-refractivity contribution in [3.63, 3.8) is 0 Å². The van der Waals surface area contributed by atoms with E-state index in [9.17, 15) is 10.1 Å². The minimum absolute atomic E-state index is 0.0779. The van der Waals surface area contributed by atoms with Gasteiger partial charge in [-0.05, 0) is 35.7 Å². The summed E-state index contributed by atoms with van der Waals surface area (Å²) in [5.74, 6) is 2.10. The first-order valence-electron chi connectivity index (χ1n) is 8.76. The Morgan fingerprint density at radius 3 is 2.32 bits per heavy atom. The molecule has 0 fully saturated rings. The predicted octanol–water partition coefficient (Wildman–Crippen LogP) is 3.13. The van der Waals surface area contributed by atoms with E-state index in [1.807, 2.05) is 31.0 Å². The summed E-state index contributed by atoms with van der Waals surface area (Å²) in [6, 6.07) is 10.4. The minimum Gasteiger partial charge on any atom is -0.493 e. The van der Waals surface area contributed by atoms with Gasteiger partial charge >= 0.3 is 0 Å². The second-order valence-corrected chi connectivity index (χ2v) is 6.31. The zero-order valence-electron chi connectivity index (χ0n) is 16.9. The predicted molar refractivity (Wildman–Crippen MR) is 109 cm³/mol. The molecule has 0 aliphatic rings. The molecule has 8 nitrogen and oxygen atoms in total. The topological polar surface area (TPSA) is 89.2 Å². The van der Waals surface area contributed by atoms with Crippen LogP contribution in [0.1, 0.15) is 16.7 Å². The molecule has 0 aliphatic carbocycles. The Labute approximate surface area is 164 Å². The number of benzene rings is 2. The molecule has 0 heterocycles. The van der Waals surface area contributed by atoms with Crippen molar-refractivity contribution in [1.29, 1.82) is 0 Å². The van der Waals surface area contributed by atoms with Crippen LogP contribution in [0.2, 0.25) is 0 Å². The average Bonchev–Trinajstić information content (AvgIpc) is 2.69. The number of hydrogen-bond donors (Lipinski definition) is 1. The number of hydrogen-bond acceptors (Lipinski definition) is 5. The molecule has 2 aromatic carbocycles. The van der Waals surface area contributed by atoms with E-state index in [4.69, 9.17) is 9.47 Å². The van der Waals surface area contributed by atoms with Crippen molar-refractivity contribution in [3.8, 4) is 11.5 Å². The Balaban J connectivity index is 2.05. The first-order chi connectivity index (χ1) is 13.4. The van der Waals surface area contributed by atoms with Crippen molar-refractivity contribution < 1.29 is 14.4 Å². The number of non-ortho nitro benzene ring substituents is 1. The van der Waals surface area contributed by atoms with Crippen LogP contribution >= 0.6 is 0 Å². The zero-order chi connectivity index (χ0) is 20.7. The van der Waals surface area contributed by atoms with Crippen molar-refractivity contribution >= 4 is 11.6 Å². The number of nitrogens with one attached hydrogen (secondary N) is 1. The first-order valence-corrected chi connectivity index (χ1v) is 8.76. The zero-order valence-corrected chi connectivity index (χ0v) is 16.9. The maximum atomic E-state index is 10.7. The molecule has 0 unspecified atom stereocenters. The highest BCUT2D eigenvalue weighted by Crippen LogP contribution is 2.30. The van der Waals surface area contributed by atoms with E-state index in [0.29, 0.717) is 30.5 Å². The van der Waals surface area contributed by atoms with Crippen LogP contribution in [-0.4, -0.2) is 44.1 Å². The summed E-state index contributed by atoms with van der Waals surface area (Å²) in [4.78, 5) is 16.7. The molecule has 0 aromatic heterocycles. The van der Waals surface area contributed by atoms with Crippen molar-refractivity contribution in [2.45, 2.75) is 20.0 Å². The highest BCUT2D eigenvalue weighted by Gasteiger charge is 2.13. The monoisotopic (exact) mass is 386 g/mol. The summed E-state index contributed by atoms with van der Waals surface area (Å²) in [5, 5.41) is 14.0. The molecule has 0 atom stereocenters. The molecule has 0 spiro atoms. The van der Waals surface area contributed by atoms with Gasteiger partial charge in [0.05, 0.1) is 19.1 Å². The van der Waals surface area contributed by atoms with Crippen LogP contribution in [0, 0.1) is 17.0 Å². The van der Waals surface area contributed by atoms with E-state index in [1.165, 1.54) is 12.1 Å². The molecule has 8 heteroatoms. The molecule has 0 bridgehead atoms. The third-order valence-corrected chi connectivity index (χ3v) is 4.42. The van der Waals surface area contributed by atoms with Gasteiger partial charge in [0, 0.05) is 39.3 Å². The lowest BCUT2D eigenvalue weighted by molar-refractivity contribution is -0.384. The van der Waals surface area contributed by atoms with Crippen LogP contribution in [0.3, 0.4) is 0 Å². The van der Waals surface area contributed by atoms with Gasteiger partial charge in [0.1, 0.15) is 0 Å². The lowest BCUT2D eigenvalue weighted by Gasteiger charge is -2.23. The van der Waals surface area contributed by atoms with Crippen LogP contribution in [0.15, 0.2) is 41.4 Å². The Morgan fingerprint density at radius 2 is 1.79 bits per heavy atom. The van der Waals surface area contributed by atoms with Crippen LogP contribution in [-0.2, 0) is 13.1 Å². The fraction of sp³-hybridized carbons (Fsp3) is 0.350. The number of aryl methyl sites for hydroxylation is 1. The lowest BCUT2D eigenvalue weighted by atomic mass is 10.1. The molecule has 0 aliphatic heterocycles. The van der Waals surface area contributed by atoms with E-state index in [2.05, 4.69) is 10.3 Å².